The zero-order valence-corrected chi connectivity index (χ0v) is 18.6. The van der Waals surface area contributed by atoms with Gasteiger partial charge in [0.1, 0.15) is 5.75 Å². The molecule has 1 aliphatic heterocycles. The molecule has 2 heterocycles. The number of anilines is 1. The molecule has 9 heteroatoms. The van der Waals surface area contributed by atoms with Gasteiger partial charge in [-0.1, -0.05) is 5.16 Å². The van der Waals surface area contributed by atoms with E-state index in [0.29, 0.717) is 42.7 Å². The highest BCUT2D eigenvalue weighted by Gasteiger charge is 2.29. The van der Waals surface area contributed by atoms with Crippen molar-refractivity contribution >= 4 is 17.7 Å². The minimum Gasteiger partial charge on any atom is -0.497 e. The maximum absolute atomic E-state index is 12.8. The van der Waals surface area contributed by atoms with Crippen LogP contribution >= 0.6 is 0 Å². The lowest BCUT2D eigenvalue weighted by Gasteiger charge is -2.31. The monoisotopic (exact) mass is 450 g/mol. The lowest BCUT2D eigenvalue weighted by molar-refractivity contribution is 0.0526. The van der Waals surface area contributed by atoms with E-state index in [2.05, 4.69) is 15.5 Å². The number of piperidine rings is 1. The molecule has 1 fully saturated rings. The zero-order chi connectivity index (χ0) is 23.2. The molecule has 3 aromatic rings. The molecule has 0 bridgehead atoms. The number of amides is 2. The minimum absolute atomic E-state index is 0.0322. The Bertz CT molecular complexity index is 1090. The summed E-state index contributed by atoms with van der Waals surface area (Å²) in [7, 11) is 1.62. The van der Waals surface area contributed by atoms with Gasteiger partial charge in [-0.3, -0.25) is 0 Å². The average Bonchev–Trinajstić information content (AvgIpc) is 3.35. The smallest absolute Gasteiger partial charge is 0.338 e. The quantitative estimate of drug-likeness (QED) is 0.557. The van der Waals surface area contributed by atoms with E-state index in [-0.39, 0.29) is 17.9 Å². The second kappa shape index (κ2) is 10.2. The van der Waals surface area contributed by atoms with Crippen molar-refractivity contribution in [3.05, 3.63) is 60.0 Å². The number of aromatic nitrogens is 2. The summed E-state index contributed by atoms with van der Waals surface area (Å²) in [5.41, 5.74) is 1.88. The number of rotatable bonds is 6. The van der Waals surface area contributed by atoms with Gasteiger partial charge in [-0.25, -0.2) is 9.59 Å². The van der Waals surface area contributed by atoms with Crippen molar-refractivity contribution in [1.82, 2.24) is 15.0 Å². The van der Waals surface area contributed by atoms with E-state index in [1.807, 2.05) is 24.3 Å². The second-order valence-corrected chi connectivity index (χ2v) is 7.70. The minimum atomic E-state index is -0.386. The van der Waals surface area contributed by atoms with Gasteiger partial charge in [-0.2, -0.15) is 4.98 Å². The Morgan fingerprint density at radius 3 is 2.61 bits per heavy atom. The third-order valence-corrected chi connectivity index (χ3v) is 5.50. The van der Waals surface area contributed by atoms with Crippen LogP contribution in [0.15, 0.2) is 53.1 Å². The van der Waals surface area contributed by atoms with Crippen LogP contribution in [0.2, 0.25) is 0 Å². The maximum atomic E-state index is 12.8. The standard InChI is InChI=1S/C24H26N4O5/c1-3-32-23(29)17-6-10-19(11-7-17)25-24(30)28-14-4-5-18(15-28)22-26-21(27-33-22)16-8-12-20(31-2)13-9-16/h6-13,18H,3-5,14-15H2,1-2H3,(H,25,30)/t18-/m1/s1. The van der Waals surface area contributed by atoms with Gasteiger partial charge in [0.2, 0.25) is 11.7 Å². The molecule has 0 saturated carbocycles. The number of carbonyl (C=O) groups is 2. The van der Waals surface area contributed by atoms with E-state index < -0.39 is 0 Å². The first-order valence-corrected chi connectivity index (χ1v) is 10.9. The lowest BCUT2D eigenvalue weighted by Crippen LogP contribution is -2.41. The van der Waals surface area contributed by atoms with Gasteiger partial charge in [-0.15, -0.1) is 0 Å². The molecular weight excluding hydrogens is 424 g/mol. The van der Waals surface area contributed by atoms with Gasteiger partial charge in [0.15, 0.2) is 0 Å². The van der Waals surface area contributed by atoms with E-state index in [1.165, 1.54) is 0 Å². The van der Waals surface area contributed by atoms with Gasteiger partial charge in [-0.05, 0) is 68.3 Å². The van der Waals surface area contributed by atoms with Crippen molar-refractivity contribution < 1.29 is 23.6 Å². The summed E-state index contributed by atoms with van der Waals surface area (Å²) in [4.78, 5) is 30.9. The number of benzene rings is 2. The van der Waals surface area contributed by atoms with Crippen LogP contribution in [0, 0.1) is 0 Å². The Hall–Kier alpha value is -3.88. The van der Waals surface area contributed by atoms with Crippen molar-refractivity contribution in [2.24, 2.45) is 0 Å². The zero-order valence-electron chi connectivity index (χ0n) is 18.6. The van der Waals surface area contributed by atoms with Crippen molar-refractivity contribution in [3.63, 3.8) is 0 Å². The van der Waals surface area contributed by atoms with E-state index in [9.17, 15) is 9.59 Å². The fourth-order valence-electron chi connectivity index (χ4n) is 3.73. The normalized spacial score (nSPS) is 15.7. The molecule has 2 aromatic carbocycles. The Balaban J connectivity index is 1.37. The molecule has 4 rings (SSSR count). The summed E-state index contributed by atoms with van der Waals surface area (Å²) in [6.45, 7) is 3.20. The van der Waals surface area contributed by atoms with Gasteiger partial charge in [0.25, 0.3) is 0 Å². The van der Waals surface area contributed by atoms with Gasteiger partial charge in [0, 0.05) is 24.3 Å². The molecule has 0 spiro atoms. The van der Waals surface area contributed by atoms with E-state index in [4.69, 9.17) is 14.0 Å². The molecule has 0 unspecified atom stereocenters. The number of hydrogen-bond donors (Lipinski definition) is 1. The molecule has 172 valence electrons. The van der Waals surface area contributed by atoms with Crippen LogP contribution in [-0.2, 0) is 4.74 Å². The average molecular weight is 450 g/mol. The first-order valence-electron chi connectivity index (χ1n) is 10.9. The third kappa shape index (κ3) is 5.31. The molecular formula is C24H26N4O5. The van der Waals surface area contributed by atoms with Crippen LogP contribution < -0.4 is 10.1 Å². The van der Waals surface area contributed by atoms with E-state index in [1.54, 1.807) is 43.2 Å². The molecule has 0 radical (unpaired) electrons. The van der Waals surface area contributed by atoms with Crippen LogP contribution in [0.25, 0.3) is 11.4 Å². The molecule has 1 saturated heterocycles. The predicted molar refractivity (Wildman–Crippen MR) is 121 cm³/mol. The second-order valence-electron chi connectivity index (χ2n) is 7.70. The largest absolute Gasteiger partial charge is 0.497 e. The predicted octanol–water partition coefficient (Wildman–Crippen LogP) is 4.33. The molecule has 2 amide bonds. The summed E-state index contributed by atoms with van der Waals surface area (Å²) < 4.78 is 15.7. The lowest BCUT2D eigenvalue weighted by atomic mass is 9.98. The number of esters is 1. The summed E-state index contributed by atoms with van der Waals surface area (Å²) in [6.07, 6.45) is 1.70. The Morgan fingerprint density at radius 2 is 1.91 bits per heavy atom. The number of carbonyl (C=O) groups excluding carboxylic acids is 2. The highest BCUT2D eigenvalue weighted by molar-refractivity contribution is 5.92. The molecule has 1 aliphatic rings. The van der Waals surface area contributed by atoms with Gasteiger partial charge in [0.05, 0.1) is 25.2 Å². The Kier molecular flexibility index (Phi) is 6.87. The van der Waals surface area contributed by atoms with E-state index >= 15 is 0 Å². The van der Waals surface area contributed by atoms with Gasteiger partial charge < -0.3 is 24.2 Å². The first-order chi connectivity index (χ1) is 16.1. The molecule has 1 aromatic heterocycles. The number of nitrogens with one attached hydrogen (secondary N) is 1. The molecule has 33 heavy (non-hydrogen) atoms. The molecule has 9 nitrogen and oxygen atoms in total. The topological polar surface area (TPSA) is 107 Å². The van der Waals surface area contributed by atoms with Crippen LogP contribution in [0.4, 0.5) is 10.5 Å². The number of methoxy groups -OCH3 is 1. The van der Waals surface area contributed by atoms with Crippen LogP contribution in [0.1, 0.15) is 41.9 Å². The summed E-state index contributed by atoms with van der Waals surface area (Å²) in [5, 5.41) is 6.99. The van der Waals surface area contributed by atoms with Crippen LogP contribution in [-0.4, -0.2) is 53.8 Å². The number of likely N-dealkylation sites (tertiary alicyclic amines) is 1. The first kappa shape index (κ1) is 22.3. The third-order valence-electron chi connectivity index (χ3n) is 5.50. The summed E-state index contributed by atoms with van der Waals surface area (Å²) in [5.74, 6) is 1.37. The maximum Gasteiger partial charge on any atom is 0.338 e. The number of urea groups is 1. The SMILES string of the molecule is CCOC(=O)c1ccc(NC(=O)N2CCC[C@@H](c3nc(-c4ccc(OC)cc4)no3)C2)cc1. The number of nitrogens with zero attached hydrogens (tertiary/aromatic N) is 3. The van der Waals surface area contributed by atoms with Gasteiger partial charge >= 0.3 is 12.0 Å². The molecule has 0 aliphatic carbocycles. The molecule has 1 N–H and O–H groups in total. The fourth-order valence-corrected chi connectivity index (χ4v) is 3.73. The summed E-state index contributed by atoms with van der Waals surface area (Å²) >= 11 is 0. The van der Waals surface area contributed by atoms with Crippen LogP contribution in [0.3, 0.4) is 0 Å². The van der Waals surface area contributed by atoms with E-state index in [0.717, 1.165) is 24.2 Å². The number of hydrogen-bond acceptors (Lipinski definition) is 7. The Labute approximate surface area is 191 Å². The molecule has 1 atom stereocenters. The summed E-state index contributed by atoms with van der Waals surface area (Å²) in [6, 6.07) is 13.9. The van der Waals surface area contributed by atoms with Crippen molar-refractivity contribution in [2.75, 3.05) is 32.1 Å². The highest BCUT2D eigenvalue weighted by atomic mass is 16.5. The van der Waals surface area contributed by atoms with Crippen LogP contribution in [0.5, 0.6) is 5.75 Å². The number of ether oxygens (including phenoxy) is 2. The van der Waals surface area contributed by atoms with Crippen molar-refractivity contribution in [1.29, 1.82) is 0 Å². The fraction of sp³-hybridized carbons (Fsp3) is 0.333. The Morgan fingerprint density at radius 1 is 1.15 bits per heavy atom. The highest BCUT2D eigenvalue weighted by Crippen LogP contribution is 2.28. The van der Waals surface area contributed by atoms with Crippen molar-refractivity contribution in [3.8, 4) is 17.1 Å². The van der Waals surface area contributed by atoms with Crippen molar-refractivity contribution in [2.45, 2.75) is 25.7 Å².